The van der Waals surface area contributed by atoms with Gasteiger partial charge < -0.3 is 0 Å². The van der Waals surface area contributed by atoms with Gasteiger partial charge in [0.25, 0.3) is 0 Å². The molecule has 60 valence electrons. The minimum atomic E-state index is -1.07. The molecule has 0 aromatic heterocycles. The van der Waals surface area contributed by atoms with Crippen LogP contribution in [0.15, 0.2) is 0 Å². The predicted octanol–water partition coefficient (Wildman–Crippen LogP) is 2.42. The third-order valence-electron chi connectivity index (χ3n) is 1.34. The fourth-order valence-electron chi connectivity index (χ4n) is 0.530. The minimum Gasteiger partial charge on any atom is 0.187 e. The average molecular weight is 208 g/mol. The van der Waals surface area contributed by atoms with Crippen molar-refractivity contribution in [1.29, 1.82) is 0 Å². The van der Waals surface area contributed by atoms with Gasteiger partial charge in [-0.1, -0.05) is 0 Å². The van der Waals surface area contributed by atoms with Crippen molar-refractivity contribution in [2.75, 3.05) is 0 Å². The Bertz CT molecular complexity index is 55.8. The monoisotopic (exact) mass is 208 g/mol. The maximum Gasteiger partial charge on any atom is 0.187 e. The third kappa shape index (κ3) is 4.71. The minimum absolute atomic E-state index is 0. The zero-order valence-electron chi connectivity index (χ0n) is 5.85. The summed E-state index contributed by atoms with van der Waals surface area (Å²) in [6.07, 6.45) is 0. The van der Waals surface area contributed by atoms with E-state index in [-0.39, 0.29) is 17.4 Å². The standard InChI is InChI=1S/3C2H5.Al.ClH.Fe.3H/c3*1-2;;;;;;/h3*1H2,2H3;;1H;;;;/q;;;;;+1;;;/p-1. The SMILES string of the molecule is C[CH2][Fe]([Cl])([CH2]C)[CH2]C.[AlH3]. The predicted molar refractivity (Wildman–Crippen MR) is 47.2 cm³/mol. The summed E-state index contributed by atoms with van der Waals surface area (Å²) in [5.41, 5.74) is 0. The quantitative estimate of drug-likeness (QED) is 0.625. The van der Waals surface area contributed by atoms with Crippen LogP contribution in [-0.2, 0) is 11.9 Å². The van der Waals surface area contributed by atoms with Gasteiger partial charge in [-0.15, -0.1) is 0 Å². The Balaban J connectivity index is 0. The molecule has 0 aromatic rings. The molecule has 0 atom stereocenters. The van der Waals surface area contributed by atoms with Gasteiger partial charge in [0.15, 0.2) is 17.4 Å². The van der Waals surface area contributed by atoms with Crippen LogP contribution in [0.1, 0.15) is 20.8 Å². The molecule has 0 saturated carbocycles. The van der Waals surface area contributed by atoms with Gasteiger partial charge in [0.05, 0.1) is 0 Å². The van der Waals surface area contributed by atoms with Gasteiger partial charge in [-0.25, -0.2) is 0 Å². The van der Waals surface area contributed by atoms with Crippen LogP contribution in [-0.4, -0.2) is 17.4 Å². The molecule has 3 heteroatoms. The van der Waals surface area contributed by atoms with Crippen molar-refractivity contribution in [1.82, 2.24) is 0 Å². The van der Waals surface area contributed by atoms with E-state index in [2.05, 4.69) is 20.8 Å². The molecule has 0 saturated heterocycles. The van der Waals surface area contributed by atoms with Crippen molar-refractivity contribution in [3.63, 3.8) is 0 Å². The molecule has 0 fully saturated rings. The number of rotatable bonds is 3. The molecule has 0 unspecified atom stereocenters. The summed E-state index contributed by atoms with van der Waals surface area (Å²) in [5.74, 6) is 0. The molecule has 0 heterocycles. The molecule has 0 radical (unpaired) electrons. The van der Waals surface area contributed by atoms with E-state index in [9.17, 15) is 0 Å². The topological polar surface area (TPSA) is 0 Å². The van der Waals surface area contributed by atoms with E-state index < -0.39 is 11.9 Å². The molecule has 0 nitrogen and oxygen atoms in total. The zero-order chi connectivity index (χ0) is 6.62. The molecule has 0 bridgehead atoms. The maximum absolute atomic E-state index is 6.22. The largest absolute Gasteiger partial charge is 0.187 e. The van der Waals surface area contributed by atoms with Crippen LogP contribution in [0.25, 0.3) is 0 Å². The summed E-state index contributed by atoms with van der Waals surface area (Å²) in [6, 6.07) is 0. The van der Waals surface area contributed by atoms with Gasteiger partial charge in [0, 0.05) is 0 Å². The fraction of sp³-hybridized carbons (Fsp3) is 1.00. The van der Waals surface area contributed by atoms with Crippen LogP contribution in [0.4, 0.5) is 0 Å². The molecule has 0 aliphatic rings. The molecular formula is C6H18AlClFe. The summed E-state index contributed by atoms with van der Waals surface area (Å²) in [6.45, 7) is 6.58. The van der Waals surface area contributed by atoms with Crippen LogP contribution in [0.3, 0.4) is 0 Å². The Labute approximate surface area is 75.9 Å². The zero-order valence-corrected chi connectivity index (χ0v) is 7.71. The Hall–Kier alpha value is 1.34. The second-order valence-electron chi connectivity index (χ2n) is 1.56. The average Bonchev–Trinajstić information content (AvgIpc) is 1.87. The first-order valence-corrected chi connectivity index (χ1v) is 6.87. The first-order chi connectivity index (χ1) is 3.68. The number of halogens is 1. The molecule has 0 spiro atoms. The van der Waals surface area contributed by atoms with E-state index in [4.69, 9.17) is 10.1 Å². The van der Waals surface area contributed by atoms with E-state index >= 15 is 0 Å². The van der Waals surface area contributed by atoms with E-state index in [1.807, 2.05) is 0 Å². The van der Waals surface area contributed by atoms with E-state index in [1.54, 1.807) is 0 Å². The summed E-state index contributed by atoms with van der Waals surface area (Å²) in [7, 11) is 6.22. The van der Waals surface area contributed by atoms with E-state index in [1.165, 1.54) is 16.0 Å². The molecule has 0 aliphatic carbocycles. The number of hydrogen-bond donors (Lipinski definition) is 0. The molecule has 9 heavy (non-hydrogen) atoms. The fourth-order valence-corrected chi connectivity index (χ4v) is 2.19. The van der Waals surface area contributed by atoms with Crippen LogP contribution >= 0.6 is 10.1 Å². The van der Waals surface area contributed by atoms with Crippen LogP contribution in [0.2, 0.25) is 16.0 Å². The molecule has 0 amide bonds. The summed E-state index contributed by atoms with van der Waals surface area (Å²) in [5, 5.41) is 3.63. The van der Waals surface area contributed by atoms with E-state index in [0.717, 1.165) is 0 Å². The first kappa shape index (κ1) is 13.0. The molecular weight excluding hydrogens is 190 g/mol. The van der Waals surface area contributed by atoms with Crippen molar-refractivity contribution in [3.8, 4) is 0 Å². The maximum atomic E-state index is 6.22. The van der Waals surface area contributed by atoms with Crippen molar-refractivity contribution >= 4 is 27.5 Å². The second-order valence-corrected chi connectivity index (χ2v) is 8.79. The second kappa shape index (κ2) is 6.08. The van der Waals surface area contributed by atoms with Gasteiger partial charge in [0.2, 0.25) is 0 Å². The van der Waals surface area contributed by atoms with Gasteiger partial charge in [-0.3, -0.25) is 0 Å². The molecule has 0 aromatic carbocycles. The van der Waals surface area contributed by atoms with Crippen LogP contribution in [0.5, 0.6) is 0 Å². The molecule has 0 rings (SSSR count). The Kier molecular flexibility index (Phi) is 8.76. The Morgan fingerprint density at radius 3 is 1.22 bits per heavy atom. The third-order valence-corrected chi connectivity index (χ3v) is 7.88. The van der Waals surface area contributed by atoms with Crippen molar-refractivity contribution in [2.45, 2.75) is 36.7 Å². The van der Waals surface area contributed by atoms with Gasteiger partial charge >= 0.3 is 58.8 Å². The smallest absolute Gasteiger partial charge is 0.187 e. The Morgan fingerprint density at radius 2 is 1.22 bits per heavy atom. The van der Waals surface area contributed by atoms with Gasteiger partial charge in [0.1, 0.15) is 0 Å². The Morgan fingerprint density at radius 1 is 1.00 bits per heavy atom. The summed E-state index contributed by atoms with van der Waals surface area (Å²) < 4.78 is 0. The summed E-state index contributed by atoms with van der Waals surface area (Å²) in [4.78, 5) is 0. The first-order valence-electron chi connectivity index (χ1n) is 3.00. The number of hydrogen-bond acceptors (Lipinski definition) is 0. The van der Waals surface area contributed by atoms with Crippen molar-refractivity contribution in [3.05, 3.63) is 0 Å². The van der Waals surface area contributed by atoms with Crippen molar-refractivity contribution < 1.29 is 11.9 Å². The van der Waals surface area contributed by atoms with Crippen LogP contribution in [0, 0.1) is 0 Å². The van der Waals surface area contributed by atoms with Crippen LogP contribution < -0.4 is 0 Å². The molecule has 0 aliphatic heterocycles. The molecule has 0 N–H and O–H groups in total. The van der Waals surface area contributed by atoms with Gasteiger partial charge in [-0.05, 0) is 0 Å². The van der Waals surface area contributed by atoms with Crippen molar-refractivity contribution in [2.24, 2.45) is 0 Å². The van der Waals surface area contributed by atoms with E-state index in [0.29, 0.717) is 0 Å². The van der Waals surface area contributed by atoms with Gasteiger partial charge in [-0.2, -0.15) is 0 Å². The normalized spacial score (nSPS) is 12.4. The summed E-state index contributed by atoms with van der Waals surface area (Å²) >= 11 is -1.07.